The largest absolute Gasteiger partial charge is 0.435 e. The van der Waals surface area contributed by atoms with Gasteiger partial charge in [-0.15, -0.1) is 0 Å². The third-order valence-corrected chi connectivity index (χ3v) is 2.91. The maximum absolute atomic E-state index is 9.33. The van der Waals surface area contributed by atoms with Crippen molar-refractivity contribution in [2.75, 3.05) is 0 Å². The van der Waals surface area contributed by atoms with Crippen LogP contribution in [0.4, 0.5) is 0 Å². The lowest BCUT2D eigenvalue weighted by Gasteiger charge is -2.08. The second-order valence-electron chi connectivity index (χ2n) is 4.24. The Labute approximate surface area is 110 Å². The predicted molar refractivity (Wildman–Crippen MR) is 70.9 cm³/mol. The number of rotatable bonds is 3. The van der Waals surface area contributed by atoms with Crippen molar-refractivity contribution in [2.24, 2.45) is 7.05 Å². The molecule has 19 heavy (non-hydrogen) atoms. The average molecular weight is 255 g/mol. The zero-order chi connectivity index (χ0) is 13.2. The maximum atomic E-state index is 9.33. The molecule has 0 saturated heterocycles. The number of fused-ring (bicyclic) bond motifs is 1. The zero-order valence-electron chi connectivity index (χ0n) is 10.4. The topological polar surface area (TPSA) is 60.2 Å². The van der Waals surface area contributed by atoms with Gasteiger partial charge in [-0.25, -0.2) is 4.98 Å². The second-order valence-corrected chi connectivity index (χ2v) is 4.24. The number of pyridine rings is 1. The Hall–Kier alpha value is -2.40. The van der Waals surface area contributed by atoms with Crippen LogP contribution in [0.5, 0.6) is 11.6 Å². The number of aromatic nitrogens is 3. The van der Waals surface area contributed by atoms with E-state index in [4.69, 9.17) is 4.74 Å². The molecule has 0 saturated carbocycles. The summed E-state index contributed by atoms with van der Waals surface area (Å²) in [6, 6.07) is 7.71. The summed E-state index contributed by atoms with van der Waals surface area (Å²) in [5.74, 6) is 1.15. The number of hydrogen-bond acceptors (Lipinski definition) is 4. The van der Waals surface area contributed by atoms with E-state index in [1.54, 1.807) is 23.3 Å². The molecule has 0 bridgehead atoms. The van der Waals surface area contributed by atoms with E-state index in [2.05, 4.69) is 10.1 Å². The van der Waals surface area contributed by atoms with Gasteiger partial charge in [-0.05, 0) is 11.5 Å². The smallest absolute Gasteiger partial charge is 0.227 e. The van der Waals surface area contributed by atoms with Gasteiger partial charge in [0.15, 0.2) is 5.75 Å². The first-order chi connectivity index (χ1) is 9.28. The van der Waals surface area contributed by atoms with Gasteiger partial charge >= 0.3 is 0 Å². The minimum atomic E-state index is -0.0410. The lowest BCUT2D eigenvalue weighted by molar-refractivity contribution is 0.283. The van der Waals surface area contributed by atoms with Crippen LogP contribution in [0.2, 0.25) is 0 Å². The molecule has 1 aromatic carbocycles. The molecule has 0 aliphatic carbocycles. The molecule has 0 amide bonds. The highest BCUT2D eigenvalue weighted by molar-refractivity contribution is 5.89. The Kier molecular flexibility index (Phi) is 2.89. The standard InChI is InChI=1S/C14H13N3O2/c1-17-8-11(7-16-17)19-14-13-5-3-2-4-12(13)10(9-18)6-15-14/h2-8,18H,9H2,1H3. The van der Waals surface area contributed by atoms with Crippen molar-refractivity contribution in [2.45, 2.75) is 6.61 Å². The highest BCUT2D eigenvalue weighted by Crippen LogP contribution is 2.29. The van der Waals surface area contributed by atoms with E-state index in [1.807, 2.05) is 31.3 Å². The maximum Gasteiger partial charge on any atom is 0.227 e. The Morgan fingerprint density at radius 1 is 1.21 bits per heavy atom. The van der Waals surface area contributed by atoms with E-state index < -0.39 is 0 Å². The summed E-state index contributed by atoms with van der Waals surface area (Å²) < 4.78 is 7.40. The van der Waals surface area contributed by atoms with Crippen LogP contribution in [0.15, 0.2) is 42.9 Å². The van der Waals surface area contributed by atoms with Crippen LogP contribution in [0, 0.1) is 0 Å². The van der Waals surface area contributed by atoms with Gasteiger partial charge in [0.1, 0.15) is 0 Å². The fourth-order valence-corrected chi connectivity index (χ4v) is 2.00. The van der Waals surface area contributed by atoms with Gasteiger partial charge in [0.25, 0.3) is 0 Å². The number of aryl methyl sites for hydroxylation is 1. The van der Waals surface area contributed by atoms with Crippen molar-refractivity contribution in [1.29, 1.82) is 0 Å². The lowest BCUT2D eigenvalue weighted by Crippen LogP contribution is -1.93. The molecule has 1 N–H and O–H groups in total. The third-order valence-electron chi connectivity index (χ3n) is 2.91. The monoisotopic (exact) mass is 255 g/mol. The van der Waals surface area contributed by atoms with E-state index in [1.165, 1.54) is 0 Å². The molecular formula is C14H13N3O2. The molecule has 2 aromatic heterocycles. The molecule has 96 valence electrons. The summed E-state index contributed by atoms with van der Waals surface area (Å²) in [6.07, 6.45) is 5.04. The van der Waals surface area contributed by atoms with Crippen molar-refractivity contribution in [1.82, 2.24) is 14.8 Å². The third kappa shape index (κ3) is 2.15. The Bertz CT molecular complexity index is 722. The van der Waals surface area contributed by atoms with Crippen LogP contribution in [-0.2, 0) is 13.7 Å². The zero-order valence-corrected chi connectivity index (χ0v) is 10.4. The summed E-state index contributed by atoms with van der Waals surface area (Å²) in [5, 5.41) is 15.2. The fraction of sp³-hybridized carbons (Fsp3) is 0.143. The molecule has 0 atom stereocenters. The number of ether oxygens (including phenoxy) is 1. The van der Waals surface area contributed by atoms with E-state index in [0.29, 0.717) is 11.6 Å². The molecule has 3 rings (SSSR count). The first-order valence-corrected chi connectivity index (χ1v) is 5.92. The van der Waals surface area contributed by atoms with E-state index in [-0.39, 0.29) is 6.61 Å². The first-order valence-electron chi connectivity index (χ1n) is 5.92. The van der Waals surface area contributed by atoms with Gasteiger partial charge in [-0.2, -0.15) is 5.10 Å². The second kappa shape index (κ2) is 4.70. The minimum absolute atomic E-state index is 0.0410. The van der Waals surface area contributed by atoms with Crippen molar-refractivity contribution < 1.29 is 9.84 Å². The predicted octanol–water partition coefficient (Wildman–Crippen LogP) is 2.25. The van der Waals surface area contributed by atoms with Crippen LogP contribution in [-0.4, -0.2) is 19.9 Å². The number of aliphatic hydroxyl groups excluding tert-OH is 1. The quantitative estimate of drug-likeness (QED) is 0.779. The molecule has 0 radical (unpaired) electrons. The molecule has 0 fully saturated rings. The summed E-state index contributed by atoms with van der Waals surface area (Å²) in [4.78, 5) is 4.26. The average Bonchev–Trinajstić information content (AvgIpc) is 2.85. The molecule has 5 heteroatoms. The summed E-state index contributed by atoms with van der Waals surface area (Å²) >= 11 is 0. The van der Waals surface area contributed by atoms with Crippen LogP contribution in [0.3, 0.4) is 0 Å². The number of hydrogen-bond donors (Lipinski definition) is 1. The molecule has 3 aromatic rings. The van der Waals surface area contributed by atoms with E-state index >= 15 is 0 Å². The Morgan fingerprint density at radius 2 is 2.00 bits per heavy atom. The summed E-state index contributed by atoms with van der Waals surface area (Å²) in [7, 11) is 1.83. The first kappa shape index (κ1) is 11.7. The molecule has 0 aliphatic heterocycles. The van der Waals surface area contributed by atoms with Crippen molar-refractivity contribution >= 4 is 10.8 Å². The molecule has 0 spiro atoms. The van der Waals surface area contributed by atoms with Crippen LogP contribution in [0.1, 0.15) is 5.56 Å². The summed E-state index contributed by atoms with van der Waals surface area (Å²) in [6.45, 7) is -0.0410. The molecular weight excluding hydrogens is 242 g/mol. The number of benzene rings is 1. The highest BCUT2D eigenvalue weighted by atomic mass is 16.5. The van der Waals surface area contributed by atoms with Gasteiger partial charge in [0.05, 0.1) is 19.0 Å². The van der Waals surface area contributed by atoms with Crippen molar-refractivity contribution in [3.8, 4) is 11.6 Å². The minimum Gasteiger partial charge on any atom is -0.435 e. The van der Waals surface area contributed by atoms with Crippen molar-refractivity contribution in [3.63, 3.8) is 0 Å². The van der Waals surface area contributed by atoms with Crippen LogP contribution in [0.25, 0.3) is 10.8 Å². The highest BCUT2D eigenvalue weighted by Gasteiger charge is 2.09. The Morgan fingerprint density at radius 3 is 2.68 bits per heavy atom. The molecule has 2 heterocycles. The Balaban J connectivity index is 2.09. The van der Waals surface area contributed by atoms with E-state index in [9.17, 15) is 5.11 Å². The molecule has 5 nitrogen and oxygen atoms in total. The lowest BCUT2D eigenvalue weighted by atomic mass is 10.1. The van der Waals surface area contributed by atoms with Crippen molar-refractivity contribution in [3.05, 3.63) is 48.4 Å². The normalized spacial score (nSPS) is 10.8. The number of nitrogens with zero attached hydrogens (tertiary/aromatic N) is 3. The van der Waals surface area contributed by atoms with E-state index in [0.717, 1.165) is 16.3 Å². The number of aliphatic hydroxyl groups is 1. The molecule has 0 unspecified atom stereocenters. The van der Waals surface area contributed by atoms with Gasteiger partial charge in [0.2, 0.25) is 5.88 Å². The fourth-order valence-electron chi connectivity index (χ4n) is 2.00. The molecule has 0 aliphatic rings. The van der Waals surface area contributed by atoms with Gasteiger partial charge in [-0.3, -0.25) is 4.68 Å². The van der Waals surface area contributed by atoms with Gasteiger partial charge in [0, 0.05) is 24.2 Å². The van der Waals surface area contributed by atoms with Crippen LogP contribution >= 0.6 is 0 Å². The SMILES string of the molecule is Cn1cc(Oc2ncc(CO)c3ccccc23)cn1. The van der Waals surface area contributed by atoms with Crippen LogP contribution < -0.4 is 4.74 Å². The van der Waals surface area contributed by atoms with Gasteiger partial charge < -0.3 is 9.84 Å². The summed E-state index contributed by atoms with van der Waals surface area (Å²) in [5.41, 5.74) is 0.786. The van der Waals surface area contributed by atoms with Gasteiger partial charge in [-0.1, -0.05) is 18.2 Å².